The first-order valence-corrected chi connectivity index (χ1v) is 6.92. The number of aromatic nitrogens is 1. The molecule has 1 amide bonds. The van der Waals surface area contributed by atoms with Gasteiger partial charge >= 0.3 is 0 Å². The largest absolute Gasteiger partial charge is 0.396 e. The molecule has 3 N–H and O–H groups in total. The van der Waals surface area contributed by atoms with E-state index in [4.69, 9.17) is 40.5 Å². The van der Waals surface area contributed by atoms with Gasteiger partial charge in [-0.25, -0.2) is 14.8 Å². The zero-order valence-electron chi connectivity index (χ0n) is 10.8. The van der Waals surface area contributed by atoms with Gasteiger partial charge in [0.2, 0.25) is 0 Å². The Morgan fingerprint density at radius 2 is 1.86 bits per heavy atom. The summed E-state index contributed by atoms with van der Waals surface area (Å²) in [6, 6.07) is 5.52. The number of carbonyl (C=O) groups excluding carboxylic acids is 1. The molecular formula is C13H8Cl3FN4O. The molecule has 22 heavy (non-hydrogen) atoms. The monoisotopic (exact) mass is 360 g/mol. The molecule has 0 unspecified atom stereocenters. The lowest BCUT2D eigenvalue weighted by molar-refractivity contribution is 0.0950. The molecule has 0 atom stereocenters. The molecular weight excluding hydrogens is 354 g/mol. The van der Waals surface area contributed by atoms with Crippen LogP contribution in [0.2, 0.25) is 15.2 Å². The molecule has 1 aromatic carbocycles. The molecule has 1 aromatic heterocycles. The molecule has 2 aromatic rings. The highest BCUT2D eigenvalue weighted by Crippen LogP contribution is 2.34. The van der Waals surface area contributed by atoms with E-state index < -0.39 is 5.91 Å². The van der Waals surface area contributed by atoms with Crippen LogP contribution in [0.4, 0.5) is 10.1 Å². The van der Waals surface area contributed by atoms with E-state index >= 15 is 0 Å². The van der Waals surface area contributed by atoms with Gasteiger partial charge in [-0.3, -0.25) is 4.79 Å². The van der Waals surface area contributed by atoms with E-state index in [9.17, 15) is 9.18 Å². The van der Waals surface area contributed by atoms with Crippen molar-refractivity contribution in [3.05, 3.63) is 56.5 Å². The van der Waals surface area contributed by atoms with Gasteiger partial charge in [0.1, 0.15) is 10.8 Å². The Balaban J connectivity index is 2.15. The van der Waals surface area contributed by atoms with E-state index in [1.807, 2.05) is 0 Å². The van der Waals surface area contributed by atoms with E-state index in [1.54, 1.807) is 0 Å². The molecule has 9 heteroatoms. The summed E-state index contributed by atoms with van der Waals surface area (Å²) >= 11 is 17.4. The van der Waals surface area contributed by atoms with E-state index in [0.29, 0.717) is 5.56 Å². The summed E-state index contributed by atoms with van der Waals surface area (Å²) < 4.78 is 12.7. The number of nitrogens with zero attached hydrogens (tertiary/aromatic N) is 2. The predicted octanol–water partition coefficient (Wildman–Crippen LogP) is 3.53. The van der Waals surface area contributed by atoms with Crippen LogP contribution in [0.25, 0.3) is 0 Å². The lowest BCUT2D eigenvalue weighted by Gasteiger charge is -2.07. The number of nitrogens with two attached hydrogens (primary N) is 1. The lowest BCUT2D eigenvalue weighted by atomic mass is 10.2. The molecule has 0 radical (unpaired) electrons. The topological polar surface area (TPSA) is 80.4 Å². The Labute approximate surface area is 139 Å². The number of nitrogen functional groups attached to an aromatic ring is 1. The first-order chi connectivity index (χ1) is 10.4. The van der Waals surface area contributed by atoms with Crippen molar-refractivity contribution in [1.29, 1.82) is 0 Å². The smallest absolute Gasteiger partial charge is 0.291 e. The molecule has 5 nitrogen and oxygen atoms in total. The second-order valence-corrected chi connectivity index (χ2v) is 5.16. The Hall–Kier alpha value is -1.89. The standard InChI is InChI=1S/C13H8Cl3FN4O/c14-8-10(18)9(15)12(16)20-11(8)13(22)21-19-5-6-1-3-7(17)4-2-6/h1-5H,(H2,18,20)(H,21,22). The first kappa shape index (κ1) is 16.5. The molecule has 0 bridgehead atoms. The average molecular weight is 362 g/mol. The summed E-state index contributed by atoms with van der Waals surface area (Å²) in [7, 11) is 0. The highest BCUT2D eigenvalue weighted by atomic mass is 35.5. The van der Waals surface area contributed by atoms with Gasteiger partial charge in [0.05, 0.1) is 16.9 Å². The van der Waals surface area contributed by atoms with Crippen molar-refractivity contribution in [3.8, 4) is 0 Å². The zero-order valence-corrected chi connectivity index (χ0v) is 13.0. The summed E-state index contributed by atoms with van der Waals surface area (Å²) in [5, 5.41) is 3.41. The molecule has 0 aliphatic carbocycles. The van der Waals surface area contributed by atoms with Crippen molar-refractivity contribution in [3.63, 3.8) is 0 Å². The maximum absolute atomic E-state index is 12.7. The maximum Gasteiger partial charge on any atom is 0.291 e. The summed E-state index contributed by atoms with van der Waals surface area (Å²) in [6.45, 7) is 0. The SMILES string of the molecule is Nc1c(Cl)c(Cl)nc(C(=O)NN=Cc2ccc(F)cc2)c1Cl. The molecule has 1 heterocycles. The number of carbonyl (C=O) groups is 1. The predicted molar refractivity (Wildman–Crippen MR) is 85.1 cm³/mol. The van der Waals surface area contributed by atoms with Crippen LogP contribution >= 0.6 is 34.8 Å². The van der Waals surface area contributed by atoms with Gasteiger partial charge in [0, 0.05) is 0 Å². The van der Waals surface area contributed by atoms with Crippen LogP contribution in [0.5, 0.6) is 0 Å². The van der Waals surface area contributed by atoms with E-state index in [1.165, 1.54) is 30.5 Å². The molecule has 0 saturated carbocycles. The van der Waals surface area contributed by atoms with Crippen molar-refractivity contribution in [2.45, 2.75) is 0 Å². The van der Waals surface area contributed by atoms with Gasteiger partial charge in [-0.1, -0.05) is 46.9 Å². The van der Waals surface area contributed by atoms with Crippen LogP contribution in [0, 0.1) is 5.82 Å². The van der Waals surface area contributed by atoms with Crippen LogP contribution < -0.4 is 11.2 Å². The van der Waals surface area contributed by atoms with Crippen molar-refractivity contribution < 1.29 is 9.18 Å². The van der Waals surface area contributed by atoms with Crippen molar-refractivity contribution in [1.82, 2.24) is 10.4 Å². The Morgan fingerprint density at radius 3 is 2.50 bits per heavy atom. The molecule has 2 rings (SSSR count). The molecule has 0 saturated heterocycles. The molecule has 0 spiro atoms. The van der Waals surface area contributed by atoms with Crippen LogP contribution in [0.15, 0.2) is 29.4 Å². The summed E-state index contributed by atoms with van der Waals surface area (Å²) in [4.78, 5) is 15.7. The highest BCUT2D eigenvalue weighted by molar-refractivity contribution is 6.46. The van der Waals surface area contributed by atoms with Crippen molar-refractivity contribution >= 4 is 52.6 Å². The number of anilines is 1. The third kappa shape index (κ3) is 3.65. The Kier molecular flexibility index (Phi) is 5.18. The van der Waals surface area contributed by atoms with E-state index in [0.717, 1.165) is 0 Å². The number of rotatable bonds is 3. The molecule has 114 valence electrons. The molecule has 0 fully saturated rings. The van der Waals surface area contributed by atoms with Crippen LogP contribution in [0.1, 0.15) is 16.1 Å². The first-order valence-electron chi connectivity index (χ1n) is 5.79. The Bertz CT molecular complexity index is 750. The maximum atomic E-state index is 12.7. The lowest BCUT2D eigenvalue weighted by Crippen LogP contribution is -2.20. The summed E-state index contributed by atoms with van der Waals surface area (Å²) in [5.74, 6) is -1.09. The second-order valence-electron chi connectivity index (χ2n) is 4.04. The number of hydrogen-bond donors (Lipinski definition) is 2. The number of hydrogen-bond acceptors (Lipinski definition) is 4. The summed E-state index contributed by atoms with van der Waals surface area (Å²) in [5.41, 5.74) is 8.17. The van der Waals surface area contributed by atoms with Gasteiger partial charge in [-0.2, -0.15) is 5.10 Å². The number of nitrogens with one attached hydrogen (secondary N) is 1. The third-order valence-electron chi connectivity index (χ3n) is 2.54. The molecule has 0 aliphatic rings. The third-order valence-corrected chi connectivity index (χ3v) is 3.67. The zero-order chi connectivity index (χ0) is 16.3. The molecule has 0 aliphatic heterocycles. The minimum Gasteiger partial charge on any atom is -0.396 e. The number of hydrazone groups is 1. The minimum atomic E-state index is -0.714. The van der Waals surface area contributed by atoms with Gasteiger partial charge in [-0.15, -0.1) is 0 Å². The van der Waals surface area contributed by atoms with Crippen LogP contribution in [-0.4, -0.2) is 17.1 Å². The van der Waals surface area contributed by atoms with Crippen LogP contribution in [-0.2, 0) is 0 Å². The van der Waals surface area contributed by atoms with Crippen molar-refractivity contribution in [2.24, 2.45) is 5.10 Å². The van der Waals surface area contributed by atoms with Gasteiger partial charge < -0.3 is 5.73 Å². The quantitative estimate of drug-likeness (QED) is 0.498. The van der Waals surface area contributed by atoms with Gasteiger partial charge in [0.15, 0.2) is 10.8 Å². The van der Waals surface area contributed by atoms with E-state index in [-0.39, 0.29) is 32.4 Å². The normalized spacial score (nSPS) is 10.9. The van der Waals surface area contributed by atoms with Crippen LogP contribution in [0.3, 0.4) is 0 Å². The fraction of sp³-hybridized carbons (Fsp3) is 0. The highest BCUT2D eigenvalue weighted by Gasteiger charge is 2.19. The average Bonchev–Trinajstić information content (AvgIpc) is 2.50. The number of pyridine rings is 1. The van der Waals surface area contributed by atoms with E-state index in [2.05, 4.69) is 15.5 Å². The van der Waals surface area contributed by atoms with Gasteiger partial charge in [0.25, 0.3) is 5.91 Å². The fourth-order valence-electron chi connectivity index (χ4n) is 1.45. The number of halogens is 4. The summed E-state index contributed by atoms with van der Waals surface area (Å²) in [6.07, 6.45) is 1.33. The van der Waals surface area contributed by atoms with Gasteiger partial charge in [-0.05, 0) is 17.7 Å². The number of amides is 1. The Morgan fingerprint density at radius 1 is 1.23 bits per heavy atom. The number of benzene rings is 1. The van der Waals surface area contributed by atoms with Crippen molar-refractivity contribution in [2.75, 3.05) is 5.73 Å². The minimum absolute atomic E-state index is 0.0296. The second kappa shape index (κ2) is 6.91. The fourth-order valence-corrected chi connectivity index (χ4v) is 2.04.